The second-order valence-corrected chi connectivity index (χ2v) is 10.7. The van der Waals surface area contributed by atoms with Crippen molar-refractivity contribution >= 4 is 7.69 Å². The van der Waals surface area contributed by atoms with Crippen LogP contribution < -0.4 is 28.3 Å². The zero-order chi connectivity index (χ0) is 31.9. The molecule has 0 aliphatic carbocycles. The molecule has 47 heavy (non-hydrogen) atoms. The average molecular weight is 623 g/mol. The van der Waals surface area contributed by atoms with Gasteiger partial charge in [0.1, 0.15) is 49.4 Å². The maximum absolute atomic E-state index is 6.21. The maximum atomic E-state index is 6.21. The molecule has 0 saturated heterocycles. The van der Waals surface area contributed by atoms with Gasteiger partial charge >= 0.3 is 7.69 Å². The SMILES string of the molecule is B(Oc1ccc(OCc2ccccc2)cc1OCc1ccccc1)Oc1ccc(OCc2ccccc2)cc1OCc1ccccc1. The predicted molar refractivity (Wildman–Crippen MR) is 184 cm³/mol. The lowest BCUT2D eigenvalue weighted by molar-refractivity contribution is 0.278. The van der Waals surface area contributed by atoms with E-state index in [1.165, 1.54) is 0 Å². The molecular weight excluding hydrogens is 587 g/mol. The van der Waals surface area contributed by atoms with Gasteiger partial charge in [0, 0.05) is 12.1 Å². The lowest BCUT2D eigenvalue weighted by Crippen LogP contribution is -2.13. The third-order valence-electron chi connectivity index (χ3n) is 7.23. The molecule has 0 atom stereocenters. The average Bonchev–Trinajstić information content (AvgIpc) is 3.14. The second-order valence-electron chi connectivity index (χ2n) is 10.7. The van der Waals surface area contributed by atoms with Crippen molar-refractivity contribution in [1.29, 1.82) is 0 Å². The van der Waals surface area contributed by atoms with Gasteiger partial charge < -0.3 is 28.3 Å². The van der Waals surface area contributed by atoms with Crippen LogP contribution in [0.1, 0.15) is 22.3 Å². The van der Waals surface area contributed by atoms with Crippen LogP contribution in [0.3, 0.4) is 0 Å². The molecule has 0 fully saturated rings. The van der Waals surface area contributed by atoms with Gasteiger partial charge in [0.25, 0.3) is 0 Å². The van der Waals surface area contributed by atoms with Gasteiger partial charge in [-0.2, -0.15) is 0 Å². The Morgan fingerprint density at radius 3 is 0.979 bits per heavy atom. The highest BCUT2D eigenvalue weighted by atomic mass is 16.6. The molecule has 0 N–H and O–H groups in total. The Morgan fingerprint density at radius 1 is 0.319 bits per heavy atom. The molecule has 0 amide bonds. The van der Waals surface area contributed by atoms with Gasteiger partial charge in [-0.15, -0.1) is 0 Å². The van der Waals surface area contributed by atoms with E-state index in [1.807, 2.05) is 158 Å². The van der Waals surface area contributed by atoms with Crippen molar-refractivity contribution in [3.8, 4) is 34.5 Å². The summed E-state index contributed by atoms with van der Waals surface area (Å²) < 4.78 is 36.8. The summed E-state index contributed by atoms with van der Waals surface area (Å²) in [5.41, 5.74) is 4.24. The smallest absolute Gasteiger partial charge is 0.526 e. The highest BCUT2D eigenvalue weighted by molar-refractivity contribution is 6.21. The summed E-state index contributed by atoms with van der Waals surface area (Å²) in [7, 11) is -0.0716. The molecule has 0 spiro atoms. The van der Waals surface area contributed by atoms with Crippen LogP contribution in [0.25, 0.3) is 0 Å². The minimum Gasteiger partial charge on any atom is -0.526 e. The molecule has 0 radical (unpaired) electrons. The van der Waals surface area contributed by atoms with Gasteiger partial charge in [0.05, 0.1) is 0 Å². The fraction of sp³-hybridized carbons (Fsp3) is 0.100. The zero-order valence-corrected chi connectivity index (χ0v) is 26.0. The van der Waals surface area contributed by atoms with Crippen LogP contribution in [0.4, 0.5) is 0 Å². The van der Waals surface area contributed by atoms with Crippen LogP contribution >= 0.6 is 0 Å². The van der Waals surface area contributed by atoms with Crippen LogP contribution in [0.5, 0.6) is 34.5 Å². The molecule has 6 aromatic rings. The first-order valence-electron chi connectivity index (χ1n) is 15.5. The van der Waals surface area contributed by atoms with Crippen molar-refractivity contribution in [1.82, 2.24) is 0 Å². The Labute approximate surface area is 276 Å². The third kappa shape index (κ3) is 9.59. The minimum absolute atomic E-state index is 0.0716. The molecule has 0 heterocycles. The standard InChI is InChI=1S/C40H35BO6/c1-5-13-31(14-6-1)27-42-35-21-23-37(39(25-35)44-29-33-17-9-3-10-18-33)46-41-47-38-24-22-36(43-28-32-15-7-2-8-16-32)26-40(38)45-30-34-19-11-4-12-20-34/h1-26,41H,27-30H2. The van der Waals surface area contributed by atoms with E-state index in [1.54, 1.807) is 0 Å². The Hall–Kier alpha value is -5.82. The molecule has 0 aliphatic heterocycles. The Balaban J connectivity index is 1.14. The predicted octanol–water partition coefficient (Wildman–Crippen LogP) is 8.73. The van der Waals surface area contributed by atoms with Gasteiger partial charge in [-0.1, -0.05) is 121 Å². The van der Waals surface area contributed by atoms with E-state index in [2.05, 4.69) is 0 Å². The number of rotatable bonds is 16. The summed E-state index contributed by atoms with van der Waals surface area (Å²) >= 11 is 0. The fourth-order valence-corrected chi connectivity index (χ4v) is 4.73. The quantitative estimate of drug-likeness (QED) is 0.101. The van der Waals surface area contributed by atoms with Gasteiger partial charge in [0.15, 0.2) is 11.5 Å². The zero-order valence-electron chi connectivity index (χ0n) is 26.0. The molecule has 0 aromatic heterocycles. The van der Waals surface area contributed by atoms with E-state index < -0.39 is 0 Å². The molecule has 0 aliphatic rings. The minimum atomic E-state index is -0.0716. The van der Waals surface area contributed by atoms with Crippen molar-refractivity contribution in [3.05, 3.63) is 180 Å². The maximum Gasteiger partial charge on any atom is 0.576 e. The lowest BCUT2D eigenvalue weighted by atomic mass is 10.2. The summed E-state index contributed by atoms with van der Waals surface area (Å²) in [5.74, 6) is 3.51. The molecular formula is C40H35BO6. The van der Waals surface area contributed by atoms with E-state index in [0.29, 0.717) is 60.9 Å². The number of ether oxygens (including phenoxy) is 4. The molecule has 6 nitrogen and oxygen atoms in total. The van der Waals surface area contributed by atoms with Crippen molar-refractivity contribution in [2.75, 3.05) is 0 Å². The van der Waals surface area contributed by atoms with Crippen LogP contribution in [0, 0.1) is 0 Å². The molecule has 234 valence electrons. The Kier molecular flexibility index (Phi) is 10.9. The molecule has 0 bridgehead atoms. The van der Waals surface area contributed by atoms with E-state index in [9.17, 15) is 0 Å². The second kappa shape index (κ2) is 16.5. The molecule has 6 rings (SSSR count). The summed E-state index contributed by atoms with van der Waals surface area (Å²) in [4.78, 5) is 0. The van der Waals surface area contributed by atoms with Gasteiger partial charge in [-0.05, 0) is 46.5 Å². The molecule has 0 unspecified atom stereocenters. The van der Waals surface area contributed by atoms with Crippen LogP contribution in [-0.2, 0) is 26.4 Å². The highest BCUT2D eigenvalue weighted by Gasteiger charge is 2.14. The monoisotopic (exact) mass is 622 g/mol. The van der Waals surface area contributed by atoms with Crippen molar-refractivity contribution < 1.29 is 28.3 Å². The topological polar surface area (TPSA) is 55.4 Å². The number of benzene rings is 6. The lowest BCUT2D eigenvalue weighted by Gasteiger charge is -2.17. The van der Waals surface area contributed by atoms with Crippen LogP contribution in [0.2, 0.25) is 0 Å². The first-order chi connectivity index (χ1) is 23.3. The number of hydrogen-bond donors (Lipinski definition) is 0. The summed E-state index contributed by atoms with van der Waals surface area (Å²) in [5, 5.41) is 0. The van der Waals surface area contributed by atoms with E-state index >= 15 is 0 Å². The van der Waals surface area contributed by atoms with Gasteiger partial charge in [-0.25, -0.2) is 0 Å². The molecule has 7 heteroatoms. The number of hydrogen-bond acceptors (Lipinski definition) is 6. The largest absolute Gasteiger partial charge is 0.576 e. The summed E-state index contributed by atoms with van der Waals surface area (Å²) in [6, 6.07) is 51.1. The van der Waals surface area contributed by atoms with Crippen molar-refractivity contribution in [3.63, 3.8) is 0 Å². The fourth-order valence-electron chi connectivity index (χ4n) is 4.73. The molecule has 6 aromatic carbocycles. The van der Waals surface area contributed by atoms with Crippen molar-refractivity contribution in [2.45, 2.75) is 26.4 Å². The van der Waals surface area contributed by atoms with Crippen LogP contribution in [-0.4, -0.2) is 7.69 Å². The first-order valence-corrected chi connectivity index (χ1v) is 15.5. The summed E-state index contributed by atoms with van der Waals surface area (Å²) in [6.07, 6.45) is 0. The van der Waals surface area contributed by atoms with E-state index in [0.717, 1.165) is 22.3 Å². The van der Waals surface area contributed by atoms with Crippen molar-refractivity contribution in [2.24, 2.45) is 0 Å². The van der Waals surface area contributed by atoms with Crippen LogP contribution in [0.15, 0.2) is 158 Å². The van der Waals surface area contributed by atoms with E-state index in [-0.39, 0.29) is 7.69 Å². The van der Waals surface area contributed by atoms with E-state index in [4.69, 9.17) is 28.3 Å². The third-order valence-corrected chi connectivity index (χ3v) is 7.23. The summed E-state index contributed by atoms with van der Waals surface area (Å²) in [6.45, 7) is 1.64. The Morgan fingerprint density at radius 2 is 0.638 bits per heavy atom. The Bertz CT molecular complexity index is 1670. The molecule has 0 saturated carbocycles. The van der Waals surface area contributed by atoms with Gasteiger partial charge in [0.2, 0.25) is 0 Å². The van der Waals surface area contributed by atoms with Gasteiger partial charge in [-0.3, -0.25) is 0 Å². The first kappa shape index (κ1) is 31.2. The highest BCUT2D eigenvalue weighted by Crippen LogP contribution is 2.35. The normalized spacial score (nSPS) is 10.5.